The van der Waals surface area contributed by atoms with Crippen LogP contribution in [0.5, 0.6) is 0 Å². The summed E-state index contributed by atoms with van der Waals surface area (Å²) in [5.41, 5.74) is 0.885. The van der Waals surface area contributed by atoms with Crippen molar-refractivity contribution in [1.82, 2.24) is 14.8 Å². The lowest BCUT2D eigenvalue weighted by Gasteiger charge is -2.09. The van der Waals surface area contributed by atoms with E-state index in [1.807, 2.05) is 0 Å². The highest BCUT2D eigenvalue weighted by molar-refractivity contribution is 7.71. The molecule has 0 amide bonds. The van der Waals surface area contributed by atoms with Gasteiger partial charge in [-0.25, -0.2) is 4.39 Å². The zero-order valence-corrected chi connectivity index (χ0v) is 10.4. The molecule has 0 saturated carbocycles. The van der Waals surface area contributed by atoms with Gasteiger partial charge in [-0.3, -0.25) is 14.5 Å². The van der Waals surface area contributed by atoms with Crippen LogP contribution >= 0.6 is 12.2 Å². The maximum Gasteiger partial charge on any atom is 0.276 e. The van der Waals surface area contributed by atoms with Crippen LogP contribution < -0.4 is 11.0 Å². The summed E-state index contributed by atoms with van der Waals surface area (Å²) in [6, 6.07) is 4.00. The van der Waals surface area contributed by atoms with E-state index in [9.17, 15) is 9.18 Å². The molecule has 0 saturated heterocycles. The molecule has 1 N–H and O–H groups in total. The van der Waals surface area contributed by atoms with E-state index >= 15 is 0 Å². The van der Waals surface area contributed by atoms with Gasteiger partial charge in [0.05, 0.1) is 6.54 Å². The number of halogens is 1. The minimum Gasteiger partial charge on any atom is -0.278 e. The third kappa shape index (κ3) is 2.40. The summed E-state index contributed by atoms with van der Waals surface area (Å²) in [4.78, 5) is 11.9. The second kappa shape index (κ2) is 4.85. The van der Waals surface area contributed by atoms with Crippen molar-refractivity contribution in [3.8, 4) is 0 Å². The first kappa shape index (κ1) is 12.7. The Morgan fingerprint density at radius 2 is 2.28 bits per heavy atom. The quantitative estimate of drug-likeness (QED) is 0.636. The van der Waals surface area contributed by atoms with Crippen molar-refractivity contribution in [2.75, 3.05) is 0 Å². The molecule has 0 atom stereocenters. The molecule has 1 aromatic heterocycles. The summed E-state index contributed by atoms with van der Waals surface area (Å²) in [5.74, 6) is -0.409. The van der Waals surface area contributed by atoms with E-state index in [0.717, 1.165) is 0 Å². The number of rotatable bonds is 2. The Labute approximate surface area is 109 Å². The van der Waals surface area contributed by atoms with Gasteiger partial charge >= 0.3 is 0 Å². The molecule has 2 radical (unpaired) electrons. The Bertz CT molecular complexity index is 710. The fourth-order valence-electron chi connectivity index (χ4n) is 1.55. The normalized spacial score (nSPS) is 10.6. The summed E-state index contributed by atoms with van der Waals surface area (Å²) >= 11 is 4.98. The smallest absolute Gasteiger partial charge is 0.276 e. The number of benzene rings is 1. The lowest BCUT2D eigenvalue weighted by atomic mass is 9.90. The number of aromatic amines is 1. The molecule has 7 heteroatoms. The van der Waals surface area contributed by atoms with Gasteiger partial charge < -0.3 is 0 Å². The Kier molecular flexibility index (Phi) is 3.42. The zero-order valence-electron chi connectivity index (χ0n) is 9.61. The summed E-state index contributed by atoms with van der Waals surface area (Å²) in [6.45, 7) is 1.68. The number of nitrogens with zero attached hydrogens (tertiary/aromatic N) is 2. The molecule has 4 nitrogen and oxygen atoms in total. The van der Waals surface area contributed by atoms with Gasteiger partial charge in [-0.2, -0.15) is 5.10 Å². The van der Waals surface area contributed by atoms with Crippen LogP contribution in [0.4, 0.5) is 4.39 Å². The summed E-state index contributed by atoms with van der Waals surface area (Å²) in [6.07, 6.45) is 0. The van der Waals surface area contributed by atoms with E-state index < -0.39 is 5.82 Å². The first-order valence-electron chi connectivity index (χ1n) is 5.19. The lowest BCUT2D eigenvalue weighted by molar-refractivity contribution is 0.620. The standard InChI is InChI=1S/C11H9BFN3OS/c1-6-10(17)16(11(18)15-14-6)5-7-4-8(13)2-3-9(7)12/h2-4H,5H2,1H3,(H,15,18). The molecule has 0 fully saturated rings. The highest BCUT2D eigenvalue weighted by Gasteiger charge is 2.06. The van der Waals surface area contributed by atoms with E-state index in [1.54, 1.807) is 6.92 Å². The minimum absolute atomic E-state index is 0.112. The van der Waals surface area contributed by atoms with Crippen LogP contribution in [0.25, 0.3) is 0 Å². The molecule has 0 unspecified atom stereocenters. The Balaban J connectivity index is 2.53. The van der Waals surface area contributed by atoms with E-state index in [4.69, 9.17) is 20.1 Å². The van der Waals surface area contributed by atoms with Gasteiger partial charge in [-0.05, 0) is 36.8 Å². The molecular formula is C11H9BFN3OS. The second-order valence-electron chi connectivity index (χ2n) is 3.85. The average Bonchev–Trinajstić information content (AvgIpc) is 2.34. The number of H-pyrrole nitrogens is 1. The number of nitrogens with one attached hydrogen (secondary N) is 1. The van der Waals surface area contributed by atoms with E-state index in [1.165, 1.54) is 22.8 Å². The Morgan fingerprint density at radius 3 is 3.00 bits per heavy atom. The Hall–Kier alpha value is -1.76. The van der Waals surface area contributed by atoms with Gasteiger partial charge in [0, 0.05) is 0 Å². The average molecular weight is 261 g/mol. The molecule has 2 aromatic rings. The molecule has 90 valence electrons. The van der Waals surface area contributed by atoms with Gasteiger partial charge in [0.2, 0.25) is 0 Å². The zero-order chi connectivity index (χ0) is 13.3. The molecule has 0 spiro atoms. The highest BCUT2D eigenvalue weighted by Crippen LogP contribution is 2.02. The number of aryl methyl sites for hydroxylation is 1. The summed E-state index contributed by atoms with van der Waals surface area (Å²) in [5, 5.41) is 6.31. The fourth-order valence-corrected chi connectivity index (χ4v) is 1.75. The van der Waals surface area contributed by atoms with Crippen LogP contribution in [0.1, 0.15) is 11.3 Å². The van der Waals surface area contributed by atoms with Gasteiger partial charge in [-0.1, -0.05) is 11.5 Å². The number of hydrogen-bond acceptors (Lipinski definition) is 3. The van der Waals surface area contributed by atoms with Crippen molar-refractivity contribution in [3.63, 3.8) is 0 Å². The van der Waals surface area contributed by atoms with E-state index in [-0.39, 0.29) is 16.9 Å². The van der Waals surface area contributed by atoms with Crippen LogP contribution in [0.15, 0.2) is 23.0 Å². The van der Waals surface area contributed by atoms with Crippen molar-refractivity contribution in [2.24, 2.45) is 0 Å². The molecule has 1 heterocycles. The van der Waals surface area contributed by atoms with Crippen LogP contribution in [0.2, 0.25) is 0 Å². The summed E-state index contributed by atoms with van der Waals surface area (Å²) < 4.78 is 14.6. The molecule has 18 heavy (non-hydrogen) atoms. The predicted octanol–water partition coefficient (Wildman–Crippen LogP) is 0.591. The molecule has 0 bridgehead atoms. The number of hydrogen-bond donors (Lipinski definition) is 1. The molecular weight excluding hydrogens is 252 g/mol. The van der Waals surface area contributed by atoms with Crippen molar-refractivity contribution < 1.29 is 4.39 Å². The van der Waals surface area contributed by atoms with E-state index in [2.05, 4.69) is 10.2 Å². The molecule has 0 aliphatic heterocycles. The minimum atomic E-state index is -0.409. The van der Waals surface area contributed by atoms with Crippen molar-refractivity contribution in [2.45, 2.75) is 13.5 Å². The number of aromatic nitrogens is 3. The third-order valence-corrected chi connectivity index (χ3v) is 2.86. The van der Waals surface area contributed by atoms with Crippen LogP contribution in [0, 0.1) is 17.5 Å². The molecule has 1 aromatic carbocycles. The monoisotopic (exact) mass is 261 g/mol. The second-order valence-corrected chi connectivity index (χ2v) is 4.24. The first-order valence-corrected chi connectivity index (χ1v) is 5.60. The predicted molar refractivity (Wildman–Crippen MR) is 69.3 cm³/mol. The first-order chi connectivity index (χ1) is 8.49. The van der Waals surface area contributed by atoms with Crippen LogP contribution in [-0.4, -0.2) is 22.6 Å². The van der Waals surface area contributed by atoms with E-state index in [0.29, 0.717) is 16.7 Å². The van der Waals surface area contributed by atoms with Gasteiger partial charge in [0.15, 0.2) is 4.77 Å². The third-order valence-electron chi connectivity index (χ3n) is 2.55. The van der Waals surface area contributed by atoms with Crippen LogP contribution in [-0.2, 0) is 6.54 Å². The Morgan fingerprint density at radius 1 is 1.56 bits per heavy atom. The fraction of sp³-hybridized carbons (Fsp3) is 0.182. The van der Waals surface area contributed by atoms with Gasteiger partial charge in [-0.15, -0.1) is 0 Å². The van der Waals surface area contributed by atoms with Gasteiger partial charge in [0.25, 0.3) is 5.56 Å². The highest BCUT2D eigenvalue weighted by atomic mass is 32.1. The lowest BCUT2D eigenvalue weighted by Crippen LogP contribution is -2.28. The molecule has 2 rings (SSSR count). The van der Waals surface area contributed by atoms with Gasteiger partial charge in [0.1, 0.15) is 19.4 Å². The SMILES string of the molecule is [B]c1ccc(F)cc1Cn1c(=S)[nH]nc(C)c1=O. The topological polar surface area (TPSA) is 50.7 Å². The maximum atomic E-state index is 13.1. The largest absolute Gasteiger partial charge is 0.278 e. The maximum absolute atomic E-state index is 13.1. The van der Waals surface area contributed by atoms with Crippen molar-refractivity contribution in [3.05, 3.63) is 50.4 Å². The molecule has 0 aliphatic rings. The van der Waals surface area contributed by atoms with Crippen molar-refractivity contribution >= 4 is 25.5 Å². The summed E-state index contributed by atoms with van der Waals surface area (Å²) in [7, 11) is 5.73. The van der Waals surface area contributed by atoms with Crippen molar-refractivity contribution in [1.29, 1.82) is 0 Å². The van der Waals surface area contributed by atoms with Crippen LogP contribution in [0.3, 0.4) is 0 Å². The molecule has 0 aliphatic carbocycles.